The highest BCUT2D eigenvalue weighted by molar-refractivity contribution is 6.32. The highest BCUT2D eigenvalue weighted by atomic mass is 16.7. The average Bonchev–Trinajstić information content (AvgIpc) is 1.53. The first-order chi connectivity index (χ1) is 46.7. The Balaban J connectivity index is 0.000000254. The number of carbonyl (C=O) groups excluding carboxylic acids is 9. The lowest BCUT2D eigenvalue weighted by atomic mass is 9.77. The number of nitrogens with one attached hydrogen (secondary N) is 2. The molecule has 11 rings (SSSR count). The van der Waals surface area contributed by atoms with E-state index in [1.54, 1.807) is 65.0 Å². The quantitative estimate of drug-likeness (QED) is 0.142. The highest BCUT2D eigenvalue weighted by Gasteiger charge is 2.54. The molecule has 18 atom stereocenters. The largest absolute Gasteiger partial charge is 0.507 e. The molecule has 2 aromatic rings. The molecular formula is C75H92N2O23. The lowest BCUT2D eigenvalue weighted by Gasteiger charge is -2.49. The van der Waals surface area contributed by atoms with Crippen molar-refractivity contribution in [2.75, 3.05) is 14.2 Å². The van der Waals surface area contributed by atoms with Crippen LogP contribution in [0.25, 0.3) is 0 Å². The summed E-state index contributed by atoms with van der Waals surface area (Å²) in [5, 5.41) is 61.3. The van der Waals surface area contributed by atoms with Gasteiger partial charge in [-0.1, -0.05) is 91.8 Å². The van der Waals surface area contributed by atoms with Crippen molar-refractivity contribution >= 4 is 52.5 Å². The Bertz CT molecular complexity index is 3960. The van der Waals surface area contributed by atoms with Gasteiger partial charge in [-0.2, -0.15) is 0 Å². The van der Waals surface area contributed by atoms with Crippen LogP contribution in [-0.4, -0.2) is 158 Å². The van der Waals surface area contributed by atoms with E-state index >= 15 is 0 Å². The number of amides is 2. The van der Waals surface area contributed by atoms with Gasteiger partial charge in [0.25, 0.3) is 23.4 Å². The minimum Gasteiger partial charge on any atom is -0.507 e. The Morgan fingerprint density at radius 3 is 1.34 bits per heavy atom. The first-order valence-corrected chi connectivity index (χ1v) is 33.2. The summed E-state index contributed by atoms with van der Waals surface area (Å²) in [7, 11) is 2.91. The molecule has 0 unspecified atom stereocenters. The summed E-state index contributed by atoms with van der Waals surface area (Å²) < 4.78 is 53.4. The first kappa shape index (κ1) is 77.1. The van der Waals surface area contributed by atoms with Gasteiger partial charge in [-0.3, -0.25) is 43.2 Å². The number of methoxy groups -OCH3 is 2. The number of aliphatic hydroxyl groups is 3. The topological polar surface area (TPSA) is 362 Å². The minimum absolute atomic E-state index is 0.00885. The van der Waals surface area contributed by atoms with Crippen LogP contribution in [0.2, 0.25) is 0 Å². The minimum atomic E-state index is -2.03. The maximum atomic E-state index is 13.9. The van der Waals surface area contributed by atoms with Crippen molar-refractivity contribution in [3.63, 3.8) is 0 Å². The molecule has 2 aromatic carbocycles. The maximum Gasteiger partial charge on any atom is 0.312 e. The summed E-state index contributed by atoms with van der Waals surface area (Å²) >= 11 is 0. The van der Waals surface area contributed by atoms with Gasteiger partial charge in [0.2, 0.25) is 11.6 Å². The third-order valence-electron chi connectivity index (χ3n) is 20.1. The zero-order chi connectivity index (χ0) is 74.4. The SMILES string of the molecule is CO[C@H]1/C=C/O[C@@]2(C)Oc3c(C)c(O)c4c(c3C2=O)C(=O)C=C(NC(=O)/C(C)=C\C=C\[C@H](C)[C@@H]2OC(C)(C)O[C@@H]([C@@H](C)[C@H](O)[C@@H]1C)[C@@H]2C)C4=O.CO[C@H]1/C=C/O[C@@]2(C)Oc3c(C)c(O)c4c(c3C2=O)C(=O)C=C(NC(=O)/C(C)=C\C=C\[C@H](C)[C@H](O)[C@@H](C)[C@@H](O)[C@@H](C)[C@H](OC(C)=O)[C@@H]1C)C4=O. The fraction of sp³-hybridized carbons (Fsp3) is 0.507. The molecule has 100 heavy (non-hydrogen) atoms. The number of hydrogen-bond acceptors (Lipinski definition) is 23. The number of aliphatic hydroxyl groups excluding tert-OH is 3. The molecule has 0 spiro atoms. The van der Waals surface area contributed by atoms with Gasteiger partial charge in [-0.05, 0) is 53.7 Å². The Morgan fingerprint density at radius 2 is 0.910 bits per heavy atom. The number of hydrogen-bond donors (Lipinski definition) is 7. The van der Waals surface area contributed by atoms with E-state index in [0.717, 1.165) is 18.4 Å². The van der Waals surface area contributed by atoms with Gasteiger partial charge in [-0.25, -0.2) is 0 Å². The molecule has 0 saturated carbocycles. The van der Waals surface area contributed by atoms with Crippen molar-refractivity contribution in [3.8, 4) is 23.0 Å². The van der Waals surface area contributed by atoms with E-state index in [9.17, 15) is 68.7 Å². The number of ether oxygens (including phenoxy) is 9. The van der Waals surface area contributed by atoms with Gasteiger partial charge in [-0.15, -0.1) is 0 Å². The monoisotopic (exact) mass is 1390 g/mol. The summed E-state index contributed by atoms with van der Waals surface area (Å²) in [5.41, 5.74) is -2.31. The van der Waals surface area contributed by atoms with Crippen LogP contribution < -0.4 is 20.1 Å². The average molecular weight is 1390 g/mol. The van der Waals surface area contributed by atoms with Crippen LogP contribution in [0.4, 0.5) is 0 Å². The molecule has 7 heterocycles. The Hall–Kier alpha value is -8.69. The number of phenolic OH excluding ortho intramolecular Hbond substituents is 2. The van der Waals surface area contributed by atoms with E-state index in [1.807, 2.05) is 47.6 Å². The molecular weight excluding hydrogens is 1300 g/mol. The third-order valence-corrected chi connectivity index (χ3v) is 20.1. The first-order valence-electron chi connectivity index (χ1n) is 33.2. The predicted octanol–water partition coefficient (Wildman–Crippen LogP) is 8.49. The second-order valence-corrected chi connectivity index (χ2v) is 27.8. The van der Waals surface area contributed by atoms with Gasteiger partial charge in [0.1, 0.15) is 29.1 Å². The molecule has 1 saturated heterocycles. The van der Waals surface area contributed by atoms with Crippen molar-refractivity contribution in [2.24, 2.45) is 47.3 Å². The molecule has 2 aliphatic carbocycles. The third kappa shape index (κ3) is 14.7. The molecule has 540 valence electrons. The van der Waals surface area contributed by atoms with E-state index in [4.69, 9.17) is 42.6 Å². The molecule has 7 N–H and O–H groups in total. The van der Waals surface area contributed by atoms with Gasteiger partial charge in [0, 0.05) is 117 Å². The summed E-state index contributed by atoms with van der Waals surface area (Å²) in [4.78, 5) is 120. The van der Waals surface area contributed by atoms with Gasteiger partial charge in [0.15, 0.2) is 17.4 Å². The highest BCUT2D eigenvalue weighted by Crippen LogP contribution is 2.50. The zero-order valence-corrected chi connectivity index (χ0v) is 59.8. The molecule has 25 heteroatoms. The van der Waals surface area contributed by atoms with Gasteiger partial charge >= 0.3 is 17.5 Å². The number of fused-ring (bicyclic) bond motifs is 24. The van der Waals surface area contributed by atoms with Crippen LogP contribution in [0.15, 0.2) is 95.8 Å². The Labute approximate surface area is 580 Å². The smallest absolute Gasteiger partial charge is 0.312 e. The zero-order valence-electron chi connectivity index (χ0n) is 59.8. The number of benzene rings is 2. The van der Waals surface area contributed by atoms with Gasteiger partial charge < -0.3 is 78.8 Å². The van der Waals surface area contributed by atoms with E-state index in [1.165, 1.54) is 74.2 Å². The van der Waals surface area contributed by atoms with Crippen LogP contribution in [0.1, 0.15) is 177 Å². The molecule has 25 nitrogen and oxygen atoms in total. The standard InChI is InChI=1S/C38H47NO11.C37H45NO12/c1-17-12-11-13-18(2)36(45)39-23-16-24(40)26-27(31(23)43)30(42)21(5)34-28(26)35(44)38(9,50-34)47-15-14-25(46-10)19(3)29(41)20(4)33-22(6)32(17)48-37(7,8)49-33;1-16-11-10-12-17(2)36(46)38-23-15-24(40)26-27(32(23)44)31(43)21(6)34-28(26)35(45)37(8,50-34)48-14-13-25(47-9)18(3)33(49-22(7)39)20(5)30(42)19(4)29(16)41/h11-17,19-20,22,25,29,32-33,41-42H,1-10H3,(H,39,45);10-16,18-20,25,29-30,33,41-43H,1-9H3,(H,38,46)/b12-11+,15-14+,18-13-;11-10+,14-13+,17-12-/t17-,19+,20-,22+,25-,29+,32-,33-,38-;16-,18+,19+,20+,25-,29-,30+,33+,37-/m00/s1. The molecule has 9 aliphatic rings. The van der Waals surface area contributed by atoms with Crippen molar-refractivity contribution in [1.82, 2.24) is 10.6 Å². The Kier molecular flexibility index (Phi) is 23.0. The van der Waals surface area contributed by atoms with Crippen molar-refractivity contribution in [1.29, 1.82) is 0 Å². The molecule has 1 fully saturated rings. The van der Waals surface area contributed by atoms with E-state index < -0.39 is 164 Å². The lowest BCUT2D eigenvalue weighted by Crippen LogP contribution is -2.56. The number of rotatable bonds is 3. The number of ketones is 6. The van der Waals surface area contributed by atoms with Crippen molar-refractivity contribution in [2.45, 2.75) is 184 Å². The Morgan fingerprint density at radius 1 is 0.500 bits per heavy atom. The summed E-state index contributed by atoms with van der Waals surface area (Å²) in [6.45, 7) is 28.1. The van der Waals surface area contributed by atoms with Crippen LogP contribution >= 0.6 is 0 Å². The number of esters is 1. The van der Waals surface area contributed by atoms with Crippen LogP contribution in [0.5, 0.6) is 23.0 Å². The fourth-order valence-corrected chi connectivity index (χ4v) is 13.9. The maximum absolute atomic E-state index is 13.9. The fourth-order valence-electron chi connectivity index (χ4n) is 13.9. The molecule has 12 bridgehead atoms. The van der Waals surface area contributed by atoms with Crippen molar-refractivity contribution in [3.05, 3.63) is 140 Å². The van der Waals surface area contributed by atoms with Gasteiger partial charge in [0.05, 0.1) is 100 Å². The van der Waals surface area contributed by atoms with Crippen LogP contribution in [0, 0.1) is 61.2 Å². The number of aromatic hydroxyl groups is 2. The van der Waals surface area contributed by atoms with E-state index in [2.05, 4.69) is 10.6 Å². The molecule has 0 radical (unpaired) electrons. The number of phenols is 2. The summed E-state index contributed by atoms with van der Waals surface area (Å²) in [6, 6.07) is 0. The molecule has 0 aromatic heterocycles. The number of allylic oxidation sites excluding steroid dienone is 8. The van der Waals surface area contributed by atoms with E-state index in [0.29, 0.717) is 0 Å². The second kappa shape index (κ2) is 29.9. The molecule has 7 aliphatic heterocycles. The molecule has 2 amide bonds. The number of carbonyl (C=O) groups is 9. The second-order valence-electron chi connectivity index (χ2n) is 27.8. The number of Topliss-reactive ketones (excluding diaryl/α,β-unsaturated/α-hetero) is 4. The lowest BCUT2D eigenvalue weighted by molar-refractivity contribution is -0.336. The predicted molar refractivity (Wildman–Crippen MR) is 361 cm³/mol. The summed E-state index contributed by atoms with van der Waals surface area (Å²) in [6.07, 6.45) is 11.0. The van der Waals surface area contributed by atoms with E-state index in [-0.39, 0.29) is 91.7 Å². The van der Waals surface area contributed by atoms with Crippen molar-refractivity contribution < 1.29 is 111 Å². The van der Waals surface area contributed by atoms with Crippen LogP contribution in [-0.2, 0) is 47.5 Å². The normalized spacial score (nSPS) is 35.6. The summed E-state index contributed by atoms with van der Waals surface area (Å²) in [5.74, 6) is -16.6. The van der Waals surface area contributed by atoms with Crippen LogP contribution in [0.3, 0.4) is 0 Å².